The van der Waals surface area contributed by atoms with Gasteiger partial charge < -0.3 is 9.84 Å². The summed E-state index contributed by atoms with van der Waals surface area (Å²) in [5.41, 5.74) is 1.98. The number of aliphatic hydroxyl groups is 1. The molecule has 0 fully saturated rings. The fraction of sp³-hybridized carbons (Fsp3) is 0.500. The van der Waals surface area contributed by atoms with Gasteiger partial charge in [0.25, 0.3) is 0 Å². The molecule has 0 aromatic heterocycles. The van der Waals surface area contributed by atoms with Gasteiger partial charge >= 0.3 is 0 Å². The first-order valence-electron chi connectivity index (χ1n) is 5.13. The van der Waals surface area contributed by atoms with Crippen LogP contribution in [0.25, 0.3) is 0 Å². The van der Waals surface area contributed by atoms with Crippen LogP contribution in [0.1, 0.15) is 37.1 Å². The molecule has 84 valence electrons. The van der Waals surface area contributed by atoms with E-state index in [1.807, 2.05) is 18.2 Å². The van der Waals surface area contributed by atoms with Gasteiger partial charge in [-0.2, -0.15) is 0 Å². The van der Waals surface area contributed by atoms with Gasteiger partial charge in [0.2, 0.25) is 0 Å². The molecule has 1 aromatic carbocycles. The van der Waals surface area contributed by atoms with E-state index in [-0.39, 0.29) is 0 Å². The molecule has 3 nitrogen and oxygen atoms in total. The Balaban J connectivity index is 3.13. The summed E-state index contributed by atoms with van der Waals surface area (Å²) >= 11 is 0. The zero-order valence-corrected chi connectivity index (χ0v) is 9.74. The standard InChI is InChI=1S/C12H19NO2/c1-8(2)9-5-6-11(15-4)10(7-9)12(14)13-3/h5-8,12-14H,1-4H3. The van der Waals surface area contributed by atoms with Crippen molar-refractivity contribution in [3.05, 3.63) is 29.3 Å². The molecule has 15 heavy (non-hydrogen) atoms. The van der Waals surface area contributed by atoms with Crippen molar-refractivity contribution in [3.8, 4) is 5.75 Å². The zero-order chi connectivity index (χ0) is 11.4. The number of rotatable bonds is 4. The smallest absolute Gasteiger partial charge is 0.134 e. The summed E-state index contributed by atoms with van der Waals surface area (Å²) in [5.74, 6) is 1.15. The van der Waals surface area contributed by atoms with Crippen LogP contribution >= 0.6 is 0 Å². The second-order valence-electron chi connectivity index (χ2n) is 3.85. The number of methoxy groups -OCH3 is 1. The predicted molar refractivity (Wildman–Crippen MR) is 61.1 cm³/mol. The number of hydrogen-bond donors (Lipinski definition) is 2. The van der Waals surface area contributed by atoms with Crippen LogP contribution in [0.4, 0.5) is 0 Å². The molecule has 3 heteroatoms. The minimum Gasteiger partial charge on any atom is -0.496 e. The monoisotopic (exact) mass is 209 g/mol. The lowest BCUT2D eigenvalue weighted by atomic mass is 9.99. The third-order valence-corrected chi connectivity index (χ3v) is 2.49. The Morgan fingerprint density at radius 3 is 2.47 bits per heavy atom. The maximum atomic E-state index is 9.76. The van der Waals surface area contributed by atoms with Crippen molar-refractivity contribution >= 4 is 0 Å². The Labute approximate surface area is 91.1 Å². The van der Waals surface area contributed by atoms with Crippen molar-refractivity contribution in [1.29, 1.82) is 0 Å². The van der Waals surface area contributed by atoms with E-state index in [0.717, 1.165) is 5.56 Å². The Morgan fingerprint density at radius 2 is 2.00 bits per heavy atom. The first kappa shape index (κ1) is 12.0. The molecule has 2 N–H and O–H groups in total. The number of nitrogens with one attached hydrogen (secondary N) is 1. The minimum absolute atomic E-state index is 0.443. The van der Waals surface area contributed by atoms with Crippen LogP contribution in [0.15, 0.2) is 18.2 Å². The maximum Gasteiger partial charge on any atom is 0.134 e. The Bertz CT molecular complexity index is 323. The van der Waals surface area contributed by atoms with E-state index in [4.69, 9.17) is 4.74 Å². The summed E-state index contributed by atoms with van der Waals surface area (Å²) in [6, 6.07) is 5.89. The number of hydrogen-bond acceptors (Lipinski definition) is 3. The van der Waals surface area contributed by atoms with E-state index in [9.17, 15) is 5.11 Å². The lowest BCUT2D eigenvalue weighted by Gasteiger charge is -2.16. The largest absolute Gasteiger partial charge is 0.496 e. The number of benzene rings is 1. The molecule has 0 radical (unpaired) electrons. The van der Waals surface area contributed by atoms with Gasteiger partial charge in [-0.3, -0.25) is 5.32 Å². The molecule has 0 heterocycles. The first-order chi connectivity index (χ1) is 7.10. The summed E-state index contributed by atoms with van der Waals surface area (Å²) in [4.78, 5) is 0. The lowest BCUT2D eigenvalue weighted by molar-refractivity contribution is 0.145. The van der Waals surface area contributed by atoms with Crippen molar-refractivity contribution in [2.75, 3.05) is 14.2 Å². The van der Waals surface area contributed by atoms with Gasteiger partial charge in [-0.25, -0.2) is 0 Å². The highest BCUT2D eigenvalue weighted by Gasteiger charge is 2.12. The molecule has 1 aromatic rings. The maximum absolute atomic E-state index is 9.76. The molecule has 0 aliphatic carbocycles. The summed E-state index contributed by atoms with van der Waals surface area (Å²) < 4.78 is 5.20. The molecule has 0 aliphatic rings. The molecule has 0 bridgehead atoms. The van der Waals surface area contributed by atoms with E-state index in [2.05, 4.69) is 19.2 Å². The van der Waals surface area contributed by atoms with Crippen molar-refractivity contribution in [2.24, 2.45) is 0 Å². The topological polar surface area (TPSA) is 41.5 Å². The third kappa shape index (κ3) is 2.70. The van der Waals surface area contributed by atoms with E-state index >= 15 is 0 Å². The van der Waals surface area contributed by atoms with Crippen LogP contribution in [0, 0.1) is 0 Å². The SMILES string of the molecule is CNC(O)c1cc(C(C)C)ccc1OC. The van der Waals surface area contributed by atoms with Gasteiger partial charge in [0.1, 0.15) is 12.0 Å². The van der Waals surface area contributed by atoms with Crippen molar-refractivity contribution < 1.29 is 9.84 Å². The highest BCUT2D eigenvalue weighted by molar-refractivity contribution is 5.39. The summed E-state index contributed by atoms with van der Waals surface area (Å²) in [6.07, 6.45) is -0.682. The highest BCUT2D eigenvalue weighted by atomic mass is 16.5. The molecule has 0 aliphatic heterocycles. The fourth-order valence-corrected chi connectivity index (χ4v) is 1.48. The van der Waals surface area contributed by atoms with Crippen LogP contribution < -0.4 is 10.1 Å². The van der Waals surface area contributed by atoms with E-state index in [1.54, 1.807) is 14.2 Å². The van der Waals surface area contributed by atoms with E-state index < -0.39 is 6.23 Å². The molecule has 1 unspecified atom stereocenters. The van der Waals surface area contributed by atoms with Crippen molar-refractivity contribution in [1.82, 2.24) is 5.32 Å². The van der Waals surface area contributed by atoms with Crippen LogP contribution in [0.5, 0.6) is 5.75 Å². The van der Waals surface area contributed by atoms with Crippen LogP contribution in [-0.4, -0.2) is 19.3 Å². The van der Waals surface area contributed by atoms with Crippen molar-refractivity contribution in [3.63, 3.8) is 0 Å². The molecule has 0 amide bonds. The number of ether oxygens (including phenoxy) is 1. The molecule has 1 rings (SSSR count). The predicted octanol–water partition coefficient (Wildman–Crippen LogP) is 2.03. The average Bonchev–Trinajstić information content (AvgIpc) is 2.27. The van der Waals surface area contributed by atoms with Gasteiger partial charge in [0, 0.05) is 5.56 Å². The minimum atomic E-state index is -0.682. The average molecular weight is 209 g/mol. The number of aliphatic hydroxyl groups excluding tert-OH is 1. The third-order valence-electron chi connectivity index (χ3n) is 2.49. The van der Waals surface area contributed by atoms with Crippen LogP contribution in [-0.2, 0) is 0 Å². The molecular weight excluding hydrogens is 190 g/mol. The molecule has 0 spiro atoms. The fourth-order valence-electron chi connectivity index (χ4n) is 1.48. The van der Waals surface area contributed by atoms with Crippen LogP contribution in [0.2, 0.25) is 0 Å². The van der Waals surface area contributed by atoms with Gasteiger partial charge in [-0.15, -0.1) is 0 Å². The summed E-state index contributed by atoms with van der Waals surface area (Å²) in [6.45, 7) is 4.24. The second-order valence-corrected chi connectivity index (χ2v) is 3.85. The Morgan fingerprint density at radius 1 is 1.33 bits per heavy atom. The van der Waals surface area contributed by atoms with E-state index in [0.29, 0.717) is 11.7 Å². The van der Waals surface area contributed by atoms with Crippen molar-refractivity contribution in [2.45, 2.75) is 26.0 Å². The Kier molecular flexibility index (Phi) is 4.12. The quantitative estimate of drug-likeness (QED) is 0.745. The molecular formula is C12H19NO2. The van der Waals surface area contributed by atoms with Gasteiger partial charge in [0.15, 0.2) is 0 Å². The van der Waals surface area contributed by atoms with E-state index in [1.165, 1.54) is 5.56 Å². The molecule has 1 atom stereocenters. The summed E-state index contributed by atoms with van der Waals surface area (Å²) in [5, 5.41) is 12.6. The normalized spacial score (nSPS) is 12.9. The van der Waals surface area contributed by atoms with Gasteiger partial charge in [-0.1, -0.05) is 19.9 Å². The lowest BCUT2D eigenvalue weighted by Crippen LogP contribution is -2.16. The van der Waals surface area contributed by atoms with Gasteiger partial charge in [0.05, 0.1) is 7.11 Å². The highest BCUT2D eigenvalue weighted by Crippen LogP contribution is 2.27. The second kappa shape index (κ2) is 5.14. The Hall–Kier alpha value is -1.06. The molecule has 0 saturated heterocycles. The first-order valence-corrected chi connectivity index (χ1v) is 5.13. The summed E-state index contributed by atoms with van der Waals surface area (Å²) in [7, 11) is 3.32. The molecule has 0 saturated carbocycles. The zero-order valence-electron chi connectivity index (χ0n) is 9.74. The van der Waals surface area contributed by atoms with Crippen LogP contribution in [0.3, 0.4) is 0 Å². The van der Waals surface area contributed by atoms with Gasteiger partial charge in [-0.05, 0) is 30.7 Å².